The number of hydrogen-bond donors (Lipinski definition) is 0. The second-order valence-electron chi connectivity index (χ2n) is 5.30. The summed E-state index contributed by atoms with van der Waals surface area (Å²) < 4.78 is 1.07. The van der Waals surface area contributed by atoms with E-state index >= 15 is 0 Å². The molecule has 2 rings (SSSR count). The zero-order valence-corrected chi connectivity index (χ0v) is 13.0. The molecule has 0 nitrogen and oxygen atoms in total. The van der Waals surface area contributed by atoms with Crippen LogP contribution >= 0.6 is 0 Å². The molecule has 0 amide bonds. The molecule has 16 heavy (non-hydrogen) atoms. The van der Waals surface area contributed by atoms with Crippen molar-refractivity contribution >= 4 is 13.3 Å². The Hall–Kier alpha value is -0.237. The molecular weight excluding hydrogens is 253 g/mol. The first-order valence-electron chi connectivity index (χ1n) is 6.82. The summed E-state index contributed by atoms with van der Waals surface area (Å²) in [4.78, 5) is 0. The normalized spacial score (nSPS) is 16.4. The molecular formula is C15H24Ge. The Morgan fingerprint density at radius 3 is 1.75 bits per heavy atom. The number of hydrogen-bond acceptors (Lipinski definition) is 0. The average Bonchev–Trinajstić information content (AvgIpc) is 2.76. The Bertz CT molecular complexity index is 319. The van der Waals surface area contributed by atoms with Gasteiger partial charge in [0.1, 0.15) is 0 Å². The van der Waals surface area contributed by atoms with Crippen molar-refractivity contribution in [2.45, 2.75) is 54.1 Å². The summed E-state index contributed by atoms with van der Waals surface area (Å²) in [5.74, 6) is 0. The van der Waals surface area contributed by atoms with Gasteiger partial charge in [-0.1, -0.05) is 0 Å². The third-order valence-corrected chi connectivity index (χ3v) is 18.4. The third kappa shape index (κ3) is 1.97. The molecule has 1 aliphatic carbocycles. The number of benzene rings is 1. The first-order valence-corrected chi connectivity index (χ1v) is 12.5. The molecule has 0 bridgehead atoms. The van der Waals surface area contributed by atoms with Gasteiger partial charge in [0, 0.05) is 0 Å². The van der Waals surface area contributed by atoms with Crippen LogP contribution in [0.15, 0.2) is 24.3 Å². The second-order valence-corrected chi connectivity index (χ2v) is 17.2. The van der Waals surface area contributed by atoms with E-state index in [2.05, 4.69) is 45.0 Å². The second kappa shape index (κ2) is 4.95. The van der Waals surface area contributed by atoms with Gasteiger partial charge in [-0.15, -0.1) is 0 Å². The van der Waals surface area contributed by atoms with Crippen molar-refractivity contribution in [3.05, 3.63) is 35.4 Å². The molecule has 1 aromatic rings. The molecule has 0 N–H and O–H groups in total. The summed E-state index contributed by atoms with van der Waals surface area (Å²) in [5.41, 5.74) is 3.30. The Kier molecular flexibility index (Phi) is 3.78. The van der Waals surface area contributed by atoms with E-state index in [-0.39, 0.29) is 0 Å². The van der Waals surface area contributed by atoms with E-state index in [9.17, 15) is 0 Å². The maximum atomic E-state index is 2.45. The van der Waals surface area contributed by atoms with Gasteiger partial charge in [-0.3, -0.25) is 0 Å². The summed E-state index contributed by atoms with van der Waals surface area (Å²) in [6.07, 6.45) is 2.79. The van der Waals surface area contributed by atoms with Crippen molar-refractivity contribution in [2.75, 3.05) is 0 Å². The molecule has 0 atom stereocenters. The number of rotatable bonds is 4. The topological polar surface area (TPSA) is 0 Å². The van der Waals surface area contributed by atoms with Crippen LogP contribution in [0, 0.1) is 0 Å². The van der Waals surface area contributed by atoms with Gasteiger partial charge in [0.15, 0.2) is 0 Å². The average molecular weight is 277 g/mol. The van der Waals surface area contributed by atoms with Gasteiger partial charge >= 0.3 is 103 Å². The van der Waals surface area contributed by atoms with Gasteiger partial charge in [-0.25, -0.2) is 0 Å². The fourth-order valence-corrected chi connectivity index (χ4v) is 13.1. The van der Waals surface area contributed by atoms with E-state index < -0.39 is 13.3 Å². The molecule has 1 aliphatic rings. The van der Waals surface area contributed by atoms with Crippen LogP contribution in [0.4, 0.5) is 0 Å². The molecule has 0 fully saturated rings. The molecule has 88 valence electrons. The van der Waals surface area contributed by atoms with Gasteiger partial charge in [0.2, 0.25) is 0 Å². The minimum absolute atomic E-state index is 1.07. The van der Waals surface area contributed by atoms with Crippen LogP contribution in [-0.2, 0) is 12.8 Å². The maximum absolute atomic E-state index is 2.45. The molecule has 0 unspecified atom stereocenters. The van der Waals surface area contributed by atoms with Crippen LogP contribution in [0.1, 0.15) is 31.9 Å². The Morgan fingerprint density at radius 2 is 1.38 bits per heavy atom. The Labute approximate surface area is 103 Å². The van der Waals surface area contributed by atoms with E-state index in [1.807, 2.05) is 0 Å². The number of fused-ring (bicyclic) bond motifs is 1. The van der Waals surface area contributed by atoms with Gasteiger partial charge < -0.3 is 0 Å². The van der Waals surface area contributed by atoms with E-state index in [4.69, 9.17) is 0 Å². The van der Waals surface area contributed by atoms with Crippen LogP contribution in [0.3, 0.4) is 0 Å². The van der Waals surface area contributed by atoms with Crippen molar-refractivity contribution in [1.82, 2.24) is 0 Å². The third-order valence-electron chi connectivity index (χ3n) is 5.03. The van der Waals surface area contributed by atoms with Crippen LogP contribution in [0.25, 0.3) is 0 Å². The summed E-state index contributed by atoms with van der Waals surface area (Å²) in [7, 11) is 0. The molecule has 0 heterocycles. The van der Waals surface area contributed by atoms with Crippen molar-refractivity contribution in [3.63, 3.8) is 0 Å². The summed E-state index contributed by atoms with van der Waals surface area (Å²) in [5, 5.41) is 4.56. The molecule has 0 radical (unpaired) electrons. The predicted octanol–water partition coefficient (Wildman–Crippen LogP) is 4.66. The van der Waals surface area contributed by atoms with Crippen molar-refractivity contribution < 1.29 is 0 Å². The van der Waals surface area contributed by atoms with Gasteiger partial charge in [0.25, 0.3) is 0 Å². The standard InChI is InChI=1S/C15H24Ge/c1-4-16(5-2,6-3)15-11-13-9-7-8-10-14(13)12-15/h7-10,15H,4-6,11-12H2,1-3H3. The van der Waals surface area contributed by atoms with Crippen LogP contribution < -0.4 is 0 Å². The molecule has 0 saturated carbocycles. The Morgan fingerprint density at radius 1 is 0.938 bits per heavy atom. The van der Waals surface area contributed by atoms with Gasteiger partial charge in [-0.05, 0) is 0 Å². The summed E-state index contributed by atoms with van der Waals surface area (Å²) in [6, 6.07) is 9.12. The molecule has 1 aromatic carbocycles. The molecule has 0 saturated heterocycles. The zero-order valence-electron chi connectivity index (χ0n) is 10.9. The quantitative estimate of drug-likeness (QED) is 0.702. The Balaban J connectivity index is 2.21. The van der Waals surface area contributed by atoms with Gasteiger partial charge in [-0.2, -0.15) is 0 Å². The van der Waals surface area contributed by atoms with Crippen LogP contribution in [0.5, 0.6) is 0 Å². The first kappa shape index (κ1) is 12.2. The fraction of sp³-hybridized carbons (Fsp3) is 0.600. The van der Waals surface area contributed by atoms with E-state index in [1.54, 1.807) is 11.1 Å². The van der Waals surface area contributed by atoms with E-state index in [0.717, 1.165) is 4.75 Å². The zero-order chi connectivity index (χ0) is 11.6. The van der Waals surface area contributed by atoms with Crippen LogP contribution in [-0.4, -0.2) is 13.3 Å². The van der Waals surface area contributed by atoms with Crippen molar-refractivity contribution in [2.24, 2.45) is 0 Å². The minimum atomic E-state index is -1.53. The molecule has 1 heteroatoms. The van der Waals surface area contributed by atoms with E-state index in [0.29, 0.717) is 0 Å². The monoisotopic (exact) mass is 278 g/mol. The SMILES string of the molecule is C[CH2][Ge]([CH2]C)([CH2]C)[CH]1Cc2ccccc2C1. The molecule has 0 spiro atoms. The fourth-order valence-electron chi connectivity index (χ4n) is 3.61. The van der Waals surface area contributed by atoms with Crippen LogP contribution in [0.2, 0.25) is 20.5 Å². The predicted molar refractivity (Wildman–Crippen MR) is 74.8 cm³/mol. The summed E-state index contributed by atoms with van der Waals surface area (Å²) >= 11 is -1.53. The van der Waals surface area contributed by atoms with E-state index in [1.165, 1.54) is 28.6 Å². The molecule has 0 aliphatic heterocycles. The first-order chi connectivity index (χ1) is 7.75. The van der Waals surface area contributed by atoms with Crippen molar-refractivity contribution in [3.8, 4) is 0 Å². The molecule has 0 aromatic heterocycles. The van der Waals surface area contributed by atoms with Crippen molar-refractivity contribution in [1.29, 1.82) is 0 Å². The van der Waals surface area contributed by atoms with Gasteiger partial charge in [0.05, 0.1) is 0 Å². The summed E-state index contributed by atoms with van der Waals surface area (Å²) in [6.45, 7) is 7.36.